The second-order valence-corrected chi connectivity index (χ2v) is 6.95. The molecule has 0 saturated carbocycles. The minimum absolute atomic E-state index is 0.0653. The predicted octanol–water partition coefficient (Wildman–Crippen LogP) is 2.92. The quantitative estimate of drug-likeness (QED) is 0.420. The lowest BCUT2D eigenvalue weighted by Gasteiger charge is -2.22. The van der Waals surface area contributed by atoms with Crippen molar-refractivity contribution in [2.45, 2.75) is 6.92 Å². The molecule has 2 aromatic carbocycles. The van der Waals surface area contributed by atoms with Crippen LogP contribution in [0.15, 0.2) is 40.9 Å². The Kier molecular flexibility index (Phi) is 4.79. The number of hydrogen-bond acceptors (Lipinski definition) is 5. The SMILES string of the molecule is Cc1cc(Br)ccc1N(C)C(=O)CN1C(=O)c2cccc([N+](=O)[O-])c2C1=O. The fraction of sp³-hybridized carbons (Fsp3) is 0.167. The number of imide groups is 1. The number of carbonyl (C=O) groups excluding carboxylic acids is 3. The van der Waals surface area contributed by atoms with E-state index in [1.807, 2.05) is 13.0 Å². The molecule has 1 aliphatic rings. The first kappa shape index (κ1) is 18.7. The highest BCUT2D eigenvalue weighted by Gasteiger charge is 2.42. The molecule has 2 aromatic rings. The molecule has 0 aromatic heterocycles. The largest absolute Gasteiger partial charge is 0.314 e. The lowest BCUT2D eigenvalue weighted by molar-refractivity contribution is -0.385. The number of likely N-dealkylation sites (N-methyl/N-ethyl adjacent to an activating group) is 1. The van der Waals surface area contributed by atoms with Gasteiger partial charge in [0.2, 0.25) is 5.91 Å². The van der Waals surface area contributed by atoms with E-state index in [0.717, 1.165) is 21.0 Å². The number of nitro benzene ring substituents is 1. The third-order valence-corrected chi connectivity index (χ3v) is 4.85. The molecule has 0 radical (unpaired) electrons. The van der Waals surface area contributed by atoms with Gasteiger partial charge in [-0.3, -0.25) is 29.4 Å². The van der Waals surface area contributed by atoms with Crippen LogP contribution in [0.1, 0.15) is 26.3 Å². The van der Waals surface area contributed by atoms with Crippen LogP contribution in [0.3, 0.4) is 0 Å². The van der Waals surface area contributed by atoms with E-state index in [1.54, 1.807) is 19.2 Å². The van der Waals surface area contributed by atoms with Crippen LogP contribution >= 0.6 is 15.9 Å². The number of nitro groups is 1. The molecule has 8 nitrogen and oxygen atoms in total. The number of fused-ring (bicyclic) bond motifs is 1. The molecular weight excluding hydrogens is 418 g/mol. The number of amides is 3. The molecule has 0 fully saturated rings. The third kappa shape index (κ3) is 3.21. The van der Waals surface area contributed by atoms with Crippen molar-refractivity contribution in [3.63, 3.8) is 0 Å². The molecule has 0 bridgehead atoms. The lowest BCUT2D eigenvalue weighted by atomic mass is 10.1. The van der Waals surface area contributed by atoms with Crippen LogP contribution < -0.4 is 4.90 Å². The highest BCUT2D eigenvalue weighted by Crippen LogP contribution is 2.31. The number of nitrogens with zero attached hydrogens (tertiary/aromatic N) is 3. The average Bonchev–Trinajstić information content (AvgIpc) is 2.86. The van der Waals surface area contributed by atoms with E-state index in [9.17, 15) is 24.5 Å². The molecule has 0 atom stereocenters. The normalized spacial score (nSPS) is 12.9. The number of rotatable bonds is 4. The Morgan fingerprint density at radius 1 is 1.22 bits per heavy atom. The maximum Gasteiger partial charge on any atom is 0.282 e. The molecular formula is C18H14BrN3O5. The second-order valence-electron chi connectivity index (χ2n) is 6.04. The monoisotopic (exact) mass is 431 g/mol. The van der Waals surface area contributed by atoms with Gasteiger partial charge in [-0.2, -0.15) is 0 Å². The third-order valence-electron chi connectivity index (χ3n) is 4.36. The van der Waals surface area contributed by atoms with Crippen molar-refractivity contribution in [2.24, 2.45) is 0 Å². The van der Waals surface area contributed by atoms with Gasteiger partial charge in [0, 0.05) is 23.3 Å². The van der Waals surface area contributed by atoms with Crippen molar-refractivity contribution in [3.05, 3.63) is 67.7 Å². The van der Waals surface area contributed by atoms with E-state index in [1.165, 1.54) is 17.0 Å². The minimum Gasteiger partial charge on any atom is -0.314 e. The van der Waals surface area contributed by atoms with Gasteiger partial charge < -0.3 is 4.90 Å². The summed E-state index contributed by atoms with van der Waals surface area (Å²) in [5.74, 6) is -2.04. The van der Waals surface area contributed by atoms with Gasteiger partial charge in [-0.15, -0.1) is 0 Å². The molecule has 138 valence electrons. The van der Waals surface area contributed by atoms with Gasteiger partial charge in [-0.05, 0) is 36.8 Å². The zero-order chi connectivity index (χ0) is 19.9. The molecule has 1 aliphatic heterocycles. The first-order chi connectivity index (χ1) is 12.7. The molecule has 0 aliphatic carbocycles. The summed E-state index contributed by atoms with van der Waals surface area (Å²) in [5, 5.41) is 11.1. The van der Waals surface area contributed by atoms with Gasteiger partial charge >= 0.3 is 0 Å². The lowest BCUT2D eigenvalue weighted by Crippen LogP contribution is -2.41. The molecule has 0 saturated heterocycles. The second kappa shape index (κ2) is 6.92. The number of anilines is 1. The Morgan fingerprint density at radius 2 is 1.93 bits per heavy atom. The maximum absolute atomic E-state index is 12.6. The van der Waals surface area contributed by atoms with Gasteiger partial charge in [0.15, 0.2) is 0 Å². The van der Waals surface area contributed by atoms with Gasteiger partial charge in [0.05, 0.1) is 10.5 Å². The Balaban J connectivity index is 1.87. The van der Waals surface area contributed by atoms with Crippen LogP contribution in [0.2, 0.25) is 0 Å². The van der Waals surface area contributed by atoms with Crippen LogP contribution in [0.25, 0.3) is 0 Å². The first-order valence-electron chi connectivity index (χ1n) is 7.88. The van der Waals surface area contributed by atoms with E-state index in [0.29, 0.717) is 5.69 Å². The number of carbonyl (C=O) groups is 3. The minimum atomic E-state index is -0.837. The fourth-order valence-corrected chi connectivity index (χ4v) is 3.46. The highest BCUT2D eigenvalue weighted by molar-refractivity contribution is 9.10. The van der Waals surface area contributed by atoms with E-state index in [-0.39, 0.29) is 11.1 Å². The van der Waals surface area contributed by atoms with E-state index in [4.69, 9.17) is 0 Å². The van der Waals surface area contributed by atoms with Crippen LogP contribution in [0.4, 0.5) is 11.4 Å². The molecule has 3 amide bonds. The van der Waals surface area contributed by atoms with Crippen molar-refractivity contribution in [2.75, 3.05) is 18.5 Å². The highest BCUT2D eigenvalue weighted by atomic mass is 79.9. The predicted molar refractivity (Wildman–Crippen MR) is 101 cm³/mol. The van der Waals surface area contributed by atoms with Crippen molar-refractivity contribution < 1.29 is 19.3 Å². The van der Waals surface area contributed by atoms with Crippen LogP contribution in [0, 0.1) is 17.0 Å². The molecule has 1 heterocycles. The summed E-state index contributed by atoms with van der Waals surface area (Å²) in [6.07, 6.45) is 0. The summed E-state index contributed by atoms with van der Waals surface area (Å²) in [5.41, 5.74) is 0.675. The van der Waals surface area contributed by atoms with E-state index in [2.05, 4.69) is 15.9 Å². The number of benzene rings is 2. The average molecular weight is 432 g/mol. The summed E-state index contributed by atoms with van der Waals surface area (Å²) in [4.78, 5) is 50.2. The zero-order valence-corrected chi connectivity index (χ0v) is 16.0. The number of hydrogen-bond donors (Lipinski definition) is 0. The van der Waals surface area contributed by atoms with Gasteiger partial charge in [-0.1, -0.05) is 22.0 Å². The number of halogens is 1. The Hall–Kier alpha value is -3.07. The summed E-state index contributed by atoms with van der Waals surface area (Å²) in [6.45, 7) is 1.32. The molecule has 27 heavy (non-hydrogen) atoms. The van der Waals surface area contributed by atoms with Crippen LogP contribution in [0.5, 0.6) is 0 Å². The molecule has 3 rings (SSSR count). The molecule has 9 heteroatoms. The van der Waals surface area contributed by atoms with Crippen molar-refractivity contribution in [3.8, 4) is 0 Å². The summed E-state index contributed by atoms with van der Waals surface area (Å²) in [6, 6.07) is 9.19. The smallest absolute Gasteiger partial charge is 0.282 e. The van der Waals surface area contributed by atoms with Crippen LogP contribution in [-0.2, 0) is 4.79 Å². The summed E-state index contributed by atoms with van der Waals surface area (Å²) < 4.78 is 0.859. The van der Waals surface area contributed by atoms with Crippen molar-refractivity contribution >= 4 is 45.0 Å². The van der Waals surface area contributed by atoms with Gasteiger partial charge in [0.25, 0.3) is 17.5 Å². The Bertz CT molecular complexity index is 1000. The number of aryl methyl sites for hydroxylation is 1. The van der Waals surface area contributed by atoms with E-state index < -0.39 is 34.9 Å². The molecule has 0 unspecified atom stereocenters. The van der Waals surface area contributed by atoms with Crippen LogP contribution in [-0.4, -0.2) is 41.1 Å². The van der Waals surface area contributed by atoms with Crippen molar-refractivity contribution in [1.82, 2.24) is 4.90 Å². The fourth-order valence-electron chi connectivity index (χ4n) is 2.98. The Labute approximate surface area is 162 Å². The topological polar surface area (TPSA) is 101 Å². The standard InChI is InChI=1S/C18H14BrN3O5/c1-10-8-11(19)6-7-13(10)20(2)15(23)9-21-17(24)12-4-3-5-14(22(26)27)16(12)18(21)25/h3-8H,9H2,1-2H3. The Morgan fingerprint density at radius 3 is 2.56 bits per heavy atom. The van der Waals surface area contributed by atoms with Crippen molar-refractivity contribution in [1.29, 1.82) is 0 Å². The summed E-state index contributed by atoms with van der Waals surface area (Å²) in [7, 11) is 1.54. The van der Waals surface area contributed by atoms with Gasteiger partial charge in [0.1, 0.15) is 12.1 Å². The molecule has 0 spiro atoms. The zero-order valence-electron chi connectivity index (χ0n) is 14.4. The first-order valence-corrected chi connectivity index (χ1v) is 8.68. The van der Waals surface area contributed by atoms with Gasteiger partial charge in [-0.25, -0.2) is 0 Å². The maximum atomic E-state index is 12.6. The summed E-state index contributed by atoms with van der Waals surface area (Å²) >= 11 is 3.35. The van der Waals surface area contributed by atoms with E-state index >= 15 is 0 Å². The molecule has 0 N–H and O–H groups in total.